The van der Waals surface area contributed by atoms with Gasteiger partial charge in [-0.15, -0.1) is 0 Å². The van der Waals surface area contributed by atoms with Gasteiger partial charge in [0, 0.05) is 29.4 Å². The van der Waals surface area contributed by atoms with Crippen molar-refractivity contribution in [1.82, 2.24) is 4.90 Å². The lowest BCUT2D eigenvalue weighted by Gasteiger charge is -2.31. The van der Waals surface area contributed by atoms with Crippen LogP contribution in [0.2, 0.25) is 5.02 Å². The molecule has 2 amide bonds. The topological polar surface area (TPSA) is 58.6 Å². The van der Waals surface area contributed by atoms with Gasteiger partial charge in [-0.3, -0.25) is 9.59 Å². The first-order valence-corrected chi connectivity index (χ1v) is 11.0. The van der Waals surface area contributed by atoms with Crippen LogP contribution in [0, 0.1) is 5.92 Å². The average molecular weight is 427 g/mol. The third-order valence-electron chi connectivity index (χ3n) is 6.14. The molecule has 0 radical (unpaired) electrons. The Morgan fingerprint density at radius 2 is 1.80 bits per heavy atom. The van der Waals surface area contributed by atoms with Crippen LogP contribution in [0.3, 0.4) is 0 Å². The minimum absolute atomic E-state index is 0.0361. The Bertz CT molecular complexity index is 923. The third kappa shape index (κ3) is 4.62. The molecule has 1 N–H and O–H groups in total. The molecule has 5 nitrogen and oxygen atoms in total. The Morgan fingerprint density at radius 1 is 1.07 bits per heavy atom. The Kier molecular flexibility index (Phi) is 6.28. The SMILES string of the molecule is CN(C(=O)c1ccc(NC(=O)C2COc3ccc(Cl)cc3C2)cc1)C1CCCCC1. The van der Waals surface area contributed by atoms with Crippen molar-refractivity contribution in [1.29, 1.82) is 0 Å². The number of amides is 2. The van der Waals surface area contributed by atoms with Gasteiger partial charge in [0.15, 0.2) is 0 Å². The van der Waals surface area contributed by atoms with Crippen LogP contribution in [0.4, 0.5) is 5.69 Å². The fourth-order valence-electron chi connectivity index (χ4n) is 4.31. The molecule has 30 heavy (non-hydrogen) atoms. The zero-order valence-corrected chi connectivity index (χ0v) is 18.0. The molecule has 0 saturated heterocycles. The maximum atomic E-state index is 12.8. The molecule has 1 saturated carbocycles. The number of fused-ring (bicyclic) bond motifs is 1. The largest absolute Gasteiger partial charge is 0.492 e. The number of nitrogens with one attached hydrogen (secondary N) is 1. The second-order valence-electron chi connectivity index (χ2n) is 8.24. The van der Waals surface area contributed by atoms with Gasteiger partial charge >= 0.3 is 0 Å². The summed E-state index contributed by atoms with van der Waals surface area (Å²) in [6.07, 6.45) is 6.38. The molecule has 1 atom stereocenters. The molecule has 2 aromatic rings. The van der Waals surface area contributed by atoms with E-state index in [1.165, 1.54) is 19.3 Å². The van der Waals surface area contributed by atoms with Crippen molar-refractivity contribution in [2.24, 2.45) is 5.92 Å². The Hall–Kier alpha value is -2.53. The molecular weight excluding hydrogens is 400 g/mol. The quantitative estimate of drug-likeness (QED) is 0.753. The Labute approximate surface area is 182 Å². The van der Waals surface area contributed by atoms with Crippen LogP contribution in [-0.4, -0.2) is 36.4 Å². The lowest BCUT2D eigenvalue weighted by Crippen LogP contribution is -2.38. The molecule has 1 unspecified atom stereocenters. The number of carbonyl (C=O) groups is 2. The van der Waals surface area contributed by atoms with Gasteiger partial charge in [-0.05, 0) is 67.3 Å². The highest BCUT2D eigenvalue weighted by atomic mass is 35.5. The maximum absolute atomic E-state index is 12.8. The molecular formula is C24H27ClN2O3. The van der Waals surface area contributed by atoms with Crippen LogP contribution in [0.15, 0.2) is 42.5 Å². The number of ether oxygens (including phenoxy) is 1. The third-order valence-corrected chi connectivity index (χ3v) is 6.38. The number of nitrogens with zero attached hydrogens (tertiary/aromatic N) is 1. The van der Waals surface area contributed by atoms with E-state index in [1.54, 1.807) is 30.3 Å². The van der Waals surface area contributed by atoms with Crippen molar-refractivity contribution in [3.8, 4) is 5.75 Å². The van der Waals surface area contributed by atoms with E-state index in [4.69, 9.17) is 16.3 Å². The lowest BCUT2D eigenvalue weighted by molar-refractivity contribution is -0.121. The summed E-state index contributed by atoms with van der Waals surface area (Å²) in [7, 11) is 1.89. The van der Waals surface area contributed by atoms with E-state index < -0.39 is 0 Å². The predicted molar refractivity (Wildman–Crippen MR) is 118 cm³/mol. The summed E-state index contributed by atoms with van der Waals surface area (Å²) in [6, 6.07) is 12.9. The van der Waals surface area contributed by atoms with Crippen LogP contribution >= 0.6 is 11.6 Å². The molecule has 0 bridgehead atoms. The van der Waals surface area contributed by atoms with Gasteiger partial charge in [0.2, 0.25) is 5.91 Å². The molecule has 6 heteroatoms. The van der Waals surface area contributed by atoms with Crippen molar-refractivity contribution >= 4 is 29.1 Å². The second kappa shape index (κ2) is 9.09. The van der Waals surface area contributed by atoms with Crippen LogP contribution in [0.25, 0.3) is 0 Å². The van der Waals surface area contributed by atoms with E-state index in [1.807, 2.05) is 24.1 Å². The standard InChI is InChI=1S/C24H27ClN2O3/c1-27(21-5-3-2-4-6-21)24(29)16-7-10-20(11-8-16)26-23(28)18-13-17-14-19(25)9-12-22(17)30-15-18/h7-12,14,18,21H,2-6,13,15H2,1H3,(H,26,28). The first-order chi connectivity index (χ1) is 14.5. The Morgan fingerprint density at radius 3 is 2.53 bits per heavy atom. The highest BCUT2D eigenvalue weighted by Crippen LogP contribution is 2.30. The molecule has 0 spiro atoms. The minimum Gasteiger partial charge on any atom is -0.492 e. The van der Waals surface area contributed by atoms with E-state index >= 15 is 0 Å². The van der Waals surface area contributed by atoms with Crippen LogP contribution in [0.1, 0.15) is 48.0 Å². The summed E-state index contributed by atoms with van der Waals surface area (Å²) in [5.41, 5.74) is 2.26. The highest BCUT2D eigenvalue weighted by molar-refractivity contribution is 6.30. The zero-order valence-electron chi connectivity index (χ0n) is 17.2. The number of hydrogen-bond donors (Lipinski definition) is 1. The van der Waals surface area contributed by atoms with E-state index in [9.17, 15) is 9.59 Å². The summed E-state index contributed by atoms with van der Waals surface area (Å²) < 4.78 is 5.71. The van der Waals surface area contributed by atoms with Crippen molar-refractivity contribution in [2.45, 2.75) is 44.6 Å². The summed E-state index contributed by atoms with van der Waals surface area (Å²) in [4.78, 5) is 27.3. The molecule has 2 aromatic carbocycles. The summed E-state index contributed by atoms with van der Waals surface area (Å²) in [5, 5.41) is 3.57. The predicted octanol–water partition coefficient (Wildman–Crippen LogP) is 4.93. The van der Waals surface area contributed by atoms with E-state index in [2.05, 4.69) is 5.32 Å². The van der Waals surface area contributed by atoms with Crippen molar-refractivity contribution < 1.29 is 14.3 Å². The van der Waals surface area contributed by atoms with Gasteiger partial charge in [0.05, 0.1) is 5.92 Å². The number of benzene rings is 2. The lowest BCUT2D eigenvalue weighted by atomic mass is 9.94. The number of halogens is 1. The number of carbonyl (C=O) groups excluding carboxylic acids is 2. The van der Waals surface area contributed by atoms with Crippen molar-refractivity contribution in [3.63, 3.8) is 0 Å². The van der Waals surface area contributed by atoms with E-state index in [0.29, 0.717) is 35.3 Å². The van der Waals surface area contributed by atoms with Gasteiger partial charge in [0.25, 0.3) is 5.91 Å². The minimum atomic E-state index is -0.283. The van der Waals surface area contributed by atoms with Gasteiger partial charge in [-0.1, -0.05) is 30.9 Å². The number of rotatable bonds is 4. The zero-order chi connectivity index (χ0) is 21.1. The van der Waals surface area contributed by atoms with Crippen LogP contribution in [-0.2, 0) is 11.2 Å². The van der Waals surface area contributed by atoms with Crippen LogP contribution < -0.4 is 10.1 Å². The highest BCUT2D eigenvalue weighted by Gasteiger charge is 2.27. The first-order valence-electron chi connectivity index (χ1n) is 10.6. The number of anilines is 1. The average Bonchev–Trinajstić information content (AvgIpc) is 2.78. The molecule has 4 rings (SSSR count). The Balaban J connectivity index is 1.36. The fourth-order valence-corrected chi connectivity index (χ4v) is 4.50. The van der Waals surface area contributed by atoms with Crippen LogP contribution in [0.5, 0.6) is 5.75 Å². The van der Waals surface area contributed by atoms with Gasteiger partial charge in [0.1, 0.15) is 12.4 Å². The van der Waals surface area contributed by atoms with Gasteiger partial charge in [-0.25, -0.2) is 0 Å². The first kappa shape index (κ1) is 20.7. The maximum Gasteiger partial charge on any atom is 0.253 e. The summed E-state index contributed by atoms with van der Waals surface area (Å²) in [5.74, 6) is 0.441. The molecule has 1 fully saturated rings. The normalized spacial score (nSPS) is 18.8. The van der Waals surface area contributed by atoms with E-state index in [0.717, 1.165) is 24.2 Å². The monoisotopic (exact) mass is 426 g/mol. The molecule has 1 aliphatic heterocycles. The smallest absolute Gasteiger partial charge is 0.253 e. The molecule has 2 aliphatic rings. The summed E-state index contributed by atoms with van der Waals surface area (Å²) >= 11 is 6.06. The van der Waals surface area contributed by atoms with Gasteiger partial charge < -0.3 is 15.0 Å². The molecule has 158 valence electrons. The van der Waals surface area contributed by atoms with E-state index in [-0.39, 0.29) is 17.7 Å². The number of hydrogen-bond acceptors (Lipinski definition) is 3. The fraction of sp³-hybridized carbons (Fsp3) is 0.417. The van der Waals surface area contributed by atoms with Gasteiger partial charge in [-0.2, -0.15) is 0 Å². The molecule has 1 heterocycles. The second-order valence-corrected chi connectivity index (χ2v) is 8.68. The molecule has 1 aliphatic carbocycles. The molecule has 0 aromatic heterocycles. The summed E-state index contributed by atoms with van der Waals surface area (Å²) in [6.45, 7) is 0.337. The van der Waals surface area contributed by atoms with Crippen molar-refractivity contribution in [3.05, 3.63) is 58.6 Å². The van der Waals surface area contributed by atoms with Crippen molar-refractivity contribution in [2.75, 3.05) is 19.0 Å².